The van der Waals surface area contributed by atoms with E-state index < -0.39 is 5.76 Å². The van der Waals surface area contributed by atoms with Crippen LogP contribution in [0.5, 0.6) is 0 Å². The zero-order valence-corrected chi connectivity index (χ0v) is 13.1. The van der Waals surface area contributed by atoms with Crippen molar-refractivity contribution >= 4 is 45.3 Å². The summed E-state index contributed by atoms with van der Waals surface area (Å²) in [6.07, 6.45) is 0. The van der Waals surface area contributed by atoms with E-state index in [1.54, 1.807) is 12.1 Å². The number of halogens is 2. The minimum atomic E-state index is -0.469. The Balaban J connectivity index is 2.09. The molecule has 0 aliphatic rings. The summed E-state index contributed by atoms with van der Waals surface area (Å²) in [6, 6.07) is 10.7. The number of fused-ring (bicyclic) bond motifs is 1. The molecule has 0 aliphatic heterocycles. The fraction of sp³-hybridized carbons (Fsp3) is 0.0714. The van der Waals surface area contributed by atoms with Crippen LogP contribution in [0, 0.1) is 3.57 Å². The van der Waals surface area contributed by atoms with Crippen molar-refractivity contribution in [2.24, 2.45) is 5.73 Å². The van der Waals surface area contributed by atoms with Crippen LogP contribution >= 0.6 is 34.2 Å². The molecule has 0 spiro atoms. The Hall–Kier alpha value is -1.31. The zero-order chi connectivity index (χ0) is 14.3. The maximum Gasteiger partial charge on any atom is 0.417 e. The van der Waals surface area contributed by atoms with Crippen molar-refractivity contribution in [3.8, 4) is 0 Å². The summed E-state index contributed by atoms with van der Waals surface area (Å²) in [7, 11) is 0. The largest absolute Gasteiger partial charge is 0.417 e. The summed E-state index contributed by atoms with van der Waals surface area (Å²) in [5, 5.41) is 0.644. The standard InChI is InChI=1S/C14H10ClIN2O2/c15-8-2-3-10(16)9(6-8)13(17)7-1-4-11-12(5-7)20-14(19)18-11/h1-6,13H,17H2,(H,18,19). The van der Waals surface area contributed by atoms with Gasteiger partial charge in [-0.25, -0.2) is 4.79 Å². The minimum Gasteiger partial charge on any atom is -0.408 e. The molecule has 0 aliphatic carbocycles. The van der Waals surface area contributed by atoms with Crippen molar-refractivity contribution in [1.82, 2.24) is 4.98 Å². The number of H-pyrrole nitrogens is 1. The van der Waals surface area contributed by atoms with Crippen LogP contribution in [0.4, 0.5) is 0 Å². The van der Waals surface area contributed by atoms with E-state index in [4.69, 9.17) is 21.8 Å². The fourth-order valence-corrected chi connectivity index (χ4v) is 2.94. The number of aromatic nitrogens is 1. The third-order valence-corrected chi connectivity index (χ3v) is 4.31. The lowest BCUT2D eigenvalue weighted by Gasteiger charge is -2.14. The van der Waals surface area contributed by atoms with E-state index in [9.17, 15) is 4.79 Å². The Morgan fingerprint density at radius 1 is 1.25 bits per heavy atom. The number of nitrogens with two attached hydrogens (primary N) is 1. The molecule has 2 aromatic carbocycles. The molecule has 6 heteroatoms. The first-order valence-corrected chi connectivity index (χ1v) is 7.33. The van der Waals surface area contributed by atoms with Crippen molar-refractivity contribution < 1.29 is 4.42 Å². The summed E-state index contributed by atoms with van der Waals surface area (Å²) in [5.41, 5.74) is 9.25. The van der Waals surface area contributed by atoms with Gasteiger partial charge < -0.3 is 10.2 Å². The second-order valence-electron chi connectivity index (χ2n) is 4.41. The molecule has 3 rings (SSSR count). The van der Waals surface area contributed by atoms with Crippen molar-refractivity contribution in [3.05, 3.63) is 66.7 Å². The van der Waals surface area contributed by atoms with Crippen molar-refractivity contribution in [2.75, 3.05) is 0 Å². The third-order valence-electron chi connectivity index (χ3n) is 3.10. The molecule has 0 bridgehead atoms. The predicted octanol–water partition coefficient (Wildman–Crippen LogP) is 3.43. The average Bonchev–Trinajstić information content (AvgIpc) is 2.79. The first-order valence-electron chi connectivity index (χ1n) is 5.88. The number of nitrogens with one attached hydrogen (secondary N) is 1. The normalized spacial score (nSPS) is 12.8. The maximum atomic E-state index is 11.2. The molecule has 0 saturated carbocycles. The van der Waals surface area contributed by atoms with Crippen LogP contribution in [0.15, 0.2) is 45.6 Å². The first-order chi connectivity index (χ1) is 9.54. The molecule has 1 unspecified atom stereocenters. The zero-order valence-electron chi connectivity index (χ0n) is 10.2. The van der Waals surface area contributed by atoms with E-state index in [0.717, 1.165) is 14.7 Å². The van der Waals surface area contributed by atoms with E-state index in [0.29, 0.717) is 16.1 Å². The predicted molar refractivity (Wildman–Crippen MR) is 87.0 cm³/mol. The molecule has 0 saturated heterocycles. The number of hydrogen-bond donors (Lipinski definition) is 2. The van der Waals surface area contributed by atoms with E-state index >= 15 is 0 Å². The van der Waals surface area contributed by atoms with Gasteiger partial charge in [0.25, 0.3) is 0 Å². The first kappa shape index (κ1) is 13.7. The molecule has 3 N–H and O–H groups in total. The lowest BCUT2D eigenvalue weighted by Crippen LogP contribution is -2.13. The molecule has 0 radical (unpaired) electrons. The lowest BCUT2D eigenvalue weighted by molar-refractivity contribution is 0.555. The van der Waals surface area contributed by atoms with Crippen molar-refractivity contribution in [1.29, 1.82) is 0 Å². The second-order valence-corrected chi connectivity index (χ2v) is 6.01. The van der Waals surface area contributed by atoms with Gasteiger partial charge in [0.1, 0.15) is 0 Å². The van der Waals surface area contributed by atoms with Gasteiger partial charge in [0, 0.05) is 8.59 Å². The van der Waals surface area contributed by atoms with Gasteiger partial charge in [-0.15, -0.1) is 0 Å². The van der Waals surface area contributed by atoms with Gasteiger partial charge in [0.2, 0.25) is 0 Å². The van der Waals surface area contributed by atoms with Gasteiger partial charge >= 0.3 is 5.76 Å². The molecular weight excluding hydrogens is 391 g/mol. The average molecular weight is 401 g/mol. The van der Waals surface area contributed by atoms with Crippen LogP contribution < -0.4 is 11.5 Å². The van der Waals surface area contributed by atoms with Crippen LogP contribution in [-0.4, -0.2) is 4.98 Å². The molecule has 1 heterocycles. The maximum absolute atomic E-state index is 11.2. The highest BCUT2D eigenvalue weighted by Crippen LogP contribution is 2.28. The highest BCUT2D eigenvalue weighted by molar-refractivity contribution is 14.1. The van der Waals surface area contributed by atoms with Crippen LogP contribution in [0.1, 0.15) is 17.2 Å². The smallest absolute Gasteiger partial charge is 0.408 e. The summed E-state index contributed by atoms with van der Waals surface area (Å²) in [4.78, 5) is 13.8. The van der Waals surface area contributed by atoms with Crippen LogP contribution in [0.2, 0.25) is 5.02 Å². The van der Waals surface area contributed by atoms with Gasteiger partial charge in [-0.1, -0.05) is 17.7 Å². The van der Waals surface area contributed by atoms with Gasteiger partial charge in [-0.2, -0.15) is 0 Å². The number of aromatic amines is 1. The molecule has 0 fully saturated rings. The number of benzene rings is 2. The third kappa shape index (κ3) is 2.48. The monoisotopic (exact) mass is 400 g/mol. The molecule has 4 nitrogen and oxygen atoms in total. The highest BCUT2D eigenvalue weighted by atomic mass is 127. The molecular formula is C14H10ClIN2O2. The molecule has 102 valence electrons. The van der Waals surface area contributed by atoms with E-state index in [1.165, 1.54) is 0 Å². The van der Waals surface area contributed by atoms with E-state index in [2.05, 4.69) is 27.6 Å². The number of oxazole rings is 1. The number of hydrogen-bond acceptors (Lipinski definition) is 3. The topological polar surface area (TPSA) is 72.0 Å². The molecule has 1 aromatic heterocycles. The van der Waals surface area contributed by atoms with Crippen LogP contribution in [-0.2, 0) is 0 Å². The Kier molecular flexibility index (Phi) is 3.57. The van der Waals surface area contributed by atoms with Gasteiger partial charge in [-0.05, 0) is 64.0 Å². The SMILES string of the molecule is NC(c1ccc2[nH]c(=O)oc2c1)c1cc(Cl)ccc1I. The molecule has 1 atom stereocenters. The van der Waals surface area contributed by atoms with E-state index in [1.807, 2.05) is 24.3 Å². The summed E-state index contributed by atoms with van der Waals surface area (Å²) in [5.74, 6) is -0.469. The van der Waals surface area contributed by atoms with Gasteiger partial charge in [0.15, 0.2) is 5.58 Å². The summed E-state index contributed by atoms with van der Waals surface area (Å²) in [6.45, 7) is 0. The van der Waals surface area contributed by atoms with Crippen molar-refractivity contribution in [2.45, 2.75) is 6.04 Å². The Bertz CT molecular complexity index is 841. The van der Waals surface area contributed by atoms with Crippen molar-refractivity contribution in [3.63, 3.8) is 0 Å². The Morgan fingerprint density at radius 2 is 2.05 bits per heavy atom. The minimum absolute atomic E-state index is 0.329. The molecule has 0 amide bonds. The summed E-state index contributed by atoms with van der Waals surface area (Å²) < 4.78 is 6.09. The molecule has 20 heavy (non-hydrogen) atoms. The lowest BCUT2D eigenvalue weighted by atomic mass is 9.99. The fourth-order valence-electron chi connectivity index (χ4n) is 2.09. The second kappa shape index (κ2) is 5.23. The van der Waals surface area contributed by atoms with Crippen LogP contribution in [0.25, 0.3) is 11.1 Å². The van der Waals surface area contributed by atoms with Crippen LogP contribution in [0.3, 0.4) is 0 Å². The quantitative estimate of drug-likeness (QED) is 0.648. The molecule has 3 aromatic rings. The Morgan fingerprint density at radius 3 is 2.85 bits per heavy atom. The van der Waals surface area contributed by atoms with E-state index in [-0.39, 0.29) is 6.04 Å². The van der Waals surface area contributed by atoms with Gasteiger partial charge in [0.05, 0.1) is 11.6 Å². The summed E-state index contributed by atoms with van der Waals surface area (Å²) >= 11 is 8.25. The highest BCUT2D eigenvalue weighted by Gasteiger charge is 2.14. The number of rotatable bonds is 2. The Labute approximate surface area is 133 Å². The van der Waals surface area contributed by atoms with Gasteiger partial charge in [-0.3, -0.25) is 4.98 Å².